The normalized spacial score (nSPS) is 19.6. The van der Waals surface area contributed by atoms with Crippen LogP contribution < -0.4 is 10.1 Å². The van der Waals surface area contributed by atoms with Crippen molar-refractivity contribution in [2.75, 3.05) is 32.8 Å². The maximum Gasteiger partial charge on any atom is 0.224 e. The van der Waals surface area contributed by atoms with E-state index >= 15 is 0 Å². The fraction of sp³-hybridized carbons (Fsp3) is 0.552. The van der Waals surface area contributed by atoms with Crippen molar-refractivity contribution in [3.05, 3.63) is 47.7 Å². The number of allylic oxidation sites excluding steroid dienone is 3. The molecule has 1 aromatic rings. The van der Waals surface area contributed by atoms with Crippen LogP contribution in [0.5, 0.6) is 5.75 Å². The molecule has 1 fully saturated rings. The molecule has 196 valence electrons. The molecule has 36 heavy (non-hydrogen) atoms. The number of carbonyl (C=O) groups is 1. The summed E-state index contributed by atoms with van der Waals surface area (Å²) in [6.07, 6.45) is 10.3. The first-order valence-electron chi connectivity index (χ1n) is 13.3. The van der Waals surface area contributed by atoms with E-state index in [1.165, 1.54) is 16.7 Å². The average Bonchev–Trinajstić information content (AvgIpc) is 2.93. The molecule has 1 aliphatic carbocycles. The minimum absolute atomic E-state index is 0.0306. The third-order valence-electron chi connectivity index (χ3n) is 7.12. The largest absolute Gasteiger partial charge is 0.493 e. The average molecular weight is 495 g/mol. The Morgan fingerprint density at radius 1 is 1.25 bits per heavy atom. The number of ether oxygens (including phenoxy) is 1. The Morgan fingerprint density at radius 2 is 2.00 bits per heavy atom. The van der Waals surface area contributed by atoms with E-state index < -0.39 is 0 Å². The molecule has 2 aliphatic rings. The molecule has 1 saturated heterocycles. The van der Waals surface area contributed by atoms with Crippen molar-refractivity contribution in [1.82, 2.24) is 10.2 Å². The van der Waals surface area contributed by atoms with E-state index in [0.717, 1.165) is 57.4 Å². The van der Waals surface area contributed by atoms with E-state index in [9.17, 15) is 4.79 Å². The number of likely N-dealkylation sites (tertiary alicyclic amines) is 1. The van der Waals surface area contributed by atoms with Gasteiger partial charge in [-0.2, -0.15) is 0 Å². The third kappa shape index (κ3) is 8.33. The van der Waals surface area contributed by atoms with Gasteiger partial charge in [0.2, 0.25) is 11.9 Å². The number of guanidine groups is 1. The summed E-state index contributed by atoms with van der Waals surface area (Å²) in [6, 6.07) is 8.34. The first kappa shape index (κ1) is 27.7. The first-order valence-corrected chi connectivity index (χ1v) is 13.3. The SMILES string of the molecule is C=NC(=N/C=C(\C)CC)N1CCC(COc2ccc(C3=CCC(C(=O)NCCCO)CC3)cc2)CC1. The summed E-state index contributed by atoms with van der Waals surface area (Å²) < 4.78 is 6.11. The Morgan fingerprint density at radius 3 is 2.61 bits per heavy atom. The van der Waals surface area contributed by atoms with E-state index in [0.29, 0.717) is 31.4 Å². The molecule has 1 amide bonds. The quantitative estimate of drug-likeness (QED) is 0.277. The van der Waals surface area contributed by atoms with Crippen molar-refractivity contribution in [1.29, 1.82) is 0 Å². The van der Waals surface area contributed by atoms with Gasteiger partial charge in [0.1, 0.15) is 5.75 Å². The van der Waals surface area contributed by atoms with Crippen molar-refractivity contribution in [3.8, 4) is 5.75 Å². The zero-order valence-corrected chi connectivity index (χ0v) is 21.9. The summed E-state index contributed by atoms with van der Waals surface area (Å²) in [5, 5.41) is 11.8. The Bertz CT molecular complexity index is 944. The molecule has 1 aliphatic heterocycles. The summed E-state index contributed by atoms with van der Waals surface area (Å²) in [5.41, 5.74) is 3.73. The topological polar surface area (TPSA) is 86.5 Å². The molecule has 1 unspecified atom stereocenters. The maximum atomic E-state index is 12.2. The first-order chi connectivity index (χ1) is 17.5. The highest BCUT2D eigenvalue weighted by Crippen LogP contribution is 2.31. The Kier molecular flexibility index (Phi) is 11.2. The Hall–Kier alpha value is -2.93. The highest BCUT2D eigenvalue weighted by atomic mass is 16.5. The number of aliphatic hydroxyl groups excluding tert-OH is 1. The summed E-state index contributed by atoms with van der Waals surface area (Å²) in [7, 11) is 0. The van der Waals surface area contributed by atoms with Crippen LogP contribution in [0.1, 0.15) is 64.4 Å². The molecule has 1 aromatic carbocycles. The number of hydrogen-bond donors (Lipinski definition) is 2. The fourth-order valence-electron chi connectivity index (χ4n) is 4.53. The molecule has 7 heteroatoms. The lowest BCUT2D eigenvalue weighted by molar-refractivity contribution is -0.125. The number of carbonyl (C=O) groups excluding carboxylic acids is 1. The number of aliphatic imine (C=N–C) groups is 2. The minimum Gasteiger partial charge on any atom is -0.493 e. The van der Waals surface area contributed by atoms with Crippen LogP contribution in [0.3, 0.4) is 0 Å². The highest BCUT2D eigenvalue weighted by Gasteiger charge is 2.23. The van der Waals surface area contributed by atoms with Gasteiger partial charge >= 0.3 is 0 Å². The Balaban J connectivity index is 1.43. The predicted octanol–water partition coefficient (Wildman–Crippen LogP) is 4.83. The summed E-state index contributed by atoms with van der Waals surface area (Å²) in [5.74, 6) is 2.25. The molecule has 0 radical (unpaired) electrons. The summed E-state index contributed by atoms with van der Waals surface area (Å²) >= 11 is 0. The smallest absolute Gasteiger partial charge is 0.224 e. The van der Waals surface area contributed by atoms with E-state index in [4.69, 9.17) is 9.84 Å². The minimum atomic E-state index is 0.0306. The van der Waals surface area contributed by atoms with Crippen LogP contribution in [-0.2, 0) is 4.79 Å². The van der Waals surface area contributed by atoms with Gasteiger partial charge in [-0.3, -0.25) is 4.79 Å². The van der Waals surface area contributed by atoms with Gasteiger partial charge in [0, 0.05) is 38.4 Å². The predicted molar refractivity (Wildman–Crippen MR) is 147 cm³/mol. The molecular weight excluding hydrogens is 452 g/mol. The van der Waals surface area contributed by atoms with Crippen LogP contribution in [0.15, 0.2) is 52.1 Å². The van der Waals surface area contributed by atoms with Crippen LogP contribution in [0, 0.1) is 11.8 Å². The number of benzene rings is 1. The van der Waals surface area contributed by atoms with Crippen molar-refractivity contribution < 1.29 is 14.6 Å². The van der Waals surface area contributed by atoms with Gasteiger partial charge in [-0.1, -0.05) is 30.7 Å². The molecule has 2 N–H and O–H groups in total. The Labute approximate surface area is 216 Å². The second-order valence-corrected chi connectivity index (χ2v) is 9.75. The summed E-state index contributed by atoms with van der Waals surface area (Å²) in [4.78, 5) is 23.1. The molecule has 0 spiro atoms. The number of aliphatic hydroxyl groups is 1. The number of amides is 1. The molecule has 1 atom stereocenters. The van der Waals surface area contributed by atoms with Crippen LogP contribution in [0.25, 0.3) is 5.57 Å². The van der Waals surface area contributed by atoms with Crippen molar-refractivity contribution >= 4 is 24.2 Å². The number of piperidine rings is 1. The zero-order valence-electron chi connectivity index (χ0n) is 21.9. The van der Waals surface area contributed by atoms with Crippen LogP contribution >= 0.6 is 0 Å². The monoisotopic (exact) mass is 494 g/mol. The molecule has 7 nitrogen and oxygen atoms in total. The van der Waals surface area contributed by atoms with Gasteiger partial charge < -0.3 is 20.1 Å². The fourth-order valence-corrected chi connectivity index (χ4v) is 4.53. The van der Waals surface area contributed by atoms with E-state index in [1.54, 1.807) is 0 Å². The van der Waals surface area contributed by atoms with Crippen LogP contribution in [0.4, 0.5) is 0 Å². The molecular formula is C29H42N4O3. The third-order valence-corrected chi connectivity index (χ3v) is 7.12. The highest BCUT2D eigenvalue weighted by molar-refractivity contribution is 5.84. The lowest BCUT2D eigenvalue weighted by Gasteiger charge is -2.32. The van der Waals surface area contributed by atoms with Gasteiger partial charge in [0.25, 0.3) is 0 Å². The molecule has 0 aromatic heterocycles. The molecule has 0 bridgehead atoms. The molecule has 1 heterocycles. The standard InChI is InChI=1S/C29H42N4O3/c1-4-22(2)20-32-29(30-3)33-17-14-23(15-18-33)21-36-27-12-10-25(11-13-27)24-6-8-26(9-7-24)28(35)31-16-5-19-34/h6,10-13,20,23,26,34H,3-5,7-9,14-19,21H2,1-2H3,(H,31,35)/b22-20+,32-29?. The van der Waals surface area contributed by atoms with Crippen LogP contribution in [-0.4, -0.2) is 61.4 Å². The van der Waals surface area contributed by atoms with Crippen molar-refractivity contribution in [2.45, 2.75) is 58.8 Å². The van der Waals surface area contributed by atoms with Gasteiger partial charge in [-0.15, -0.1) is 0 Å². The second kappa shape index (κ2) is 14.6. The molecule has 0 saturated carbocycles. The van der Waals surface area contributed by atoms with Crippen LogP contribution in [0.2, 0.25) is 0 Å². The summed E-state index contributed by atoms with van der Waals surface area (Å²) in [6.45, 7) is 11.1. The van der Waals surface area contributed by atoms with Gasteiger partial charge in [0.05, 0.1) is 6.61 Å². The number of rotatable bonds is 10. The van der Waals surface area contributed by atoms with E-state index in [2.05, 4.69) is 59.0 Å². The van der Waals surface area contributed by atoms with Gasteiger partial charge in [-0.05, 0) is 87.8 Å². The zero-order chi connectivity index (χ0) is 25.8. The number of hydrogen-bond acceptors (Lipinski definition) is 4. The lowest BCUT2D eigenvalue weighted by atomic mass is 9.86. The van der Waals surface area contributed by atoms with Crippen molar-refractivity contribution in [2.24, 2.45) is 21.8 Å². The molecule has 3 rings (SSSR count). The number of nitrogens with one attached hydrogen (secondary N) is 1. The lowest BCUT2D eigenvalue weighted by Crippen LogP contribution is -2.38. The van der Waals surface area contributed by atoms with Crippen molar-refractivity contribution in [3.63, 3.8) is 0 Å². The van der Waals surface area contributed by atoms with E-state index in [-0.39, 0.29) is 18.4 Å². The van der Waals surface area contributed by atoms with E-state index in [1.807, 2.05) is 18.3 Å². The maximum absolute atomic E-state index is 12.2. The van der Waals surface area contributed by atoms with Gasteiger partial charge in [0.15, 0.2) is 0 Å². The second-order valence-electron chi connectivity index (χ2n) is 9.75. The van der Waals surface area contributed by atoms with Gasteiger partial charge in [-0.25, -0.2) is 9.98 Å². The number of nitrogens with zero attached hydrogens (tertiary/aromatic N) is 3.